The molecule has 3 aromatic carbocycles. The Labute approximate surface area is 222 Å². The zero-order valence-electron chi connectivity index (χ0n) is 21.2. The van der Waals surface area contributed by atoms with E-state index in [2.05, 4.69) is 16.0 Å². The first kappa shape index (κ1) is 28.5. The number of amides is 3. The molecule has 0 radical (unpaired) electrons. The van der Waals surface area contributed by atoms with Crippen LogP contribution < -0.4 is 27.4 Å². The van der Waals surface area contributed by atoms with Gasteiger partial charge in [-0.3, -0.25) is 14.4 Å². The lowest BCUT2D eigenvalue weighted by molar-refractivity contribution is -0.123. The number of aryl methyl sites for hydroxylation is 2. The van der Waals surface area contributed by atoms with Crippen LogP contribution in [0.25, 0.3) is 0 Å². The monoisotopic (exact) mass is 517 g/mol. The number of nitrogens with two attached hydrogens (primary N) is 2. The SMILES string of the molecule is NC[C@H](O)C(=O)Nc1cc(NC(=O)[C@@H](N)CCc2ccccc2)cc(C(=O)NCCCc2ccccc2)c1. The molecule has 0 aromatic heterocycles. The number of aliphatic hydroxyl groups excluding tert-OH is 1. The number of aliphatic hydroxyl groups is 1. The Morgan fingerprint density at radius 3 is 1.92 bits per heavy atom. The Hall–Kier alpha value is -4.05. The summed E-state index contributed by atoms with van der Waals surface area (Å²) in [5.41, 5.74) is 14.5. The van der Waals surface area contributed by atoms with Crippen LogP contribution in [-0.2, 0) is 22.4 Å². The molecule has 0 saturated heterocycles. The summed E-state index contributed by atoms with van der Waals surface area (Å²) in [5, 5.41) is 17.9. The van der Waals surface area contributed by atoms with E-state index in [0.717, 1.165) is 18.4 Å². The molecule has 9 nitrogen and oxygen atoms in total. The van der Waals surface area contributed by atoms with Gasteiger partial charge in [0, 0.05) is 30.0 Å². The van der Waals surface area contributed by atoms with Crippen LogP contribution in [0.1, 0.15) is 34.3 Å². The first-order valence-corrected chi connectivity index (χ1v) is 12.6. The highest BCUT2D eigenvalue weighted by atomic mass is 16.3. The molecule has 3 aromatic rings. The maximum Gasteiger partial charge on any atom is 0.254 e. The third kappa shape index (κ3) is 9.11. The summed E-state index contributed by atoms with van der Waals surface area (Å²) in [6, 6.07) is 23.4. The van der Waals surface area contributed by atoms with E-state index in [-0.39, 0.29) is 23.7 Å². The van der Waals surface area contributed by atoms with E-state index in [0.29, 0.717) is 25.1 Å². The van der Waals surface area contributed by atoms with Gasteiger partial charge in [-0.05, 0) is 55.0 Å². The van der Waals surface area contributed by atoms with Gasteiger partial charge in [0.1, 0.15) is 6.10 Å². The summed E-state index contributed by atoms with van der Waals surface area (Å²) >= 11 is 0. The van der Waals surface area contributed by atoms with Crippen molar-refractivity contribution in [3.63, 3.8) is 0 Å². The standard InChI is InChI=1S/C29H35N5O4/c30-19-26(35)29(38)34-24-17-22(27(36)32-15-7-12-20-8-3-1-4-9-20)16-23(18-24)33-28(37)25(31)14-13-21-10-5-2-6-11-21/h1-6,8-11,16-18,25-26,35H,7,12-15,19,30-31H2,(H,32,36)(H,33,37)(H,34,38)/t25-,26-/m0/s1. The average Bonchev–Trinajstić information content (AvgIpc) is 2.94. The van der Waals surface area contributed by atoms with Crippen molar-refractivity contribution in [3.05, 3.63) is 95.6 Å². The van der Waals surface area contributed by atoms with Gasteiger partial charge in [-0.2, -0.15) is 0 Å². The maximum atomic E-state index is 12.9. The molecule has 9 heteroatoms. The second-order valence-corrected chi connectivity index (χ2v) is 9.00. The Balaban J connectivity index is 1.66. The van der Waals surface area contributed by atoms with Crippen molar-refractivity contribution in [2.75, 3.05) is 23.7 Å². The predicted molar refractivity (Wildman–Crippen MR) is 149 cm³/mol. The van der Waals surface area contributed by atoms with Crippen LogP contribution in [0.4, 0.5) is 11.4 Å². The Bertz CT molecular complexity index is 1200. The highest BCUT2D eigenvalue weighted by Crippen LogP contribution is 2.20. The van der Waals surface area contributed by atoms with E-state index in [1.165, 1.54) is 23.8 Å². The molecule has 3 amide bonds. The van der Waals surface area contributed by atoms with Crippen LogP contribution in [0.15, 0.2) is 78.9 Å². The molecule has 0 unspecified atom stereocenters. The molecule has 0 saturated carbocycles. The van der Waals surface area contributed by atoms with Crippen LogP contribution >= 0.6 is 0 Å². The third-order valence-corrected chi connectivity index (χ3v) is 5.95. The number of hydrogen-bond donors (Lipinski definition) is 6. The molecule has 0 bridgehead atoms. The molecule has 38 heavy (non-hydrogen) atoms. The zero-order chi connectivity index (χ0) is 27.3. The van der Waals surface area contributed by atoms with E-state index in [1.54, 1.807) is 0 Å². The number of rotatable bonds is 13. The van der Waals surface area contributed by atoms with Crippen molar-refractivity contribution in [2.45, 2.75) is 37.8 Å². The summed E-state index contributed by atoms with van der Waals surface area (Å²) in [5.74, 6) is -1.50. The van der Waals surface area contributed by atoms with Gasteiger partial charge >= 0.3 is 0 Å². The molecular formula is C29H35N5O4. The second-order valence-electron chi connectivity index (χ2n) is 9.00. The highest BCUT2D eigenvalue weighted by Gasteiger charge is 2.18. The van der Waals surface area contributed by atoms with Gasteiger partial charge in [-0.25, -0.2) is 0 Å². The van der Waals surface area contributed by atoms with Crippen LogP contribution in [0.5, 0.6) is 0 Å². The minimum Gasteiger partial charge on any atom is -0.382 e. The topological polar surface area (TPSA) is 160 Å². The van der Waals surface area contributed by atoms with Crippen molar-refractivity contribution in [1.82, 2.24) is 5.32 Å². The Morgan fingerprint density at radius 1 is 0.789 bits per heavy atom. The zero-order valence-corrected chi connectivity index (χ0v) is 21.2. The number of nitrogens with one attached hydrogen (secondary N) is 3. The largest absolute Gasteiger partial charge is 0.382 e. The first-order chi connectivity index (χ1) is 18.4. The normalized spacial score (nSPS) is 12.3. The Morgan fingerprint density at radius 2 is 1.34 bits per heavy atom. The van der Waals surface area contributed by atoms with E-state index >= 15 is 0 Å². The van der Waals surface area contributed by atoms with Gasteiger partial charge in [0.05, 0.1) is 6.04 Å². The van der Waals surface area contributed by atoms with Crippen LogP contribution in [0.3, 0.4) is 0 Å². The summed E-state index contributed by atoms with van der Waals surface area (Å²) in [7, 11) is 0. The van der Waals surface area contributed by atoms with Gasteiger partial charge in [-0.1, -0.05) is 60.7 Å². The van der Waals surface area contributed by atoms with Crippen molar-refractivity contribution < 1.29 is 19.5 Å². The Kier molecular flexibility index (Phi) is 11.0. The molecule has 0 aliphatic rings. The van der Waals surface area contributed by atoms with E-state index < -0.39 is 24.0 Å². The van der Waals surface area contributed by atoms with Crippen molar-refractivity contribution in [3.8, 4) is 0 Å². The summed E-state index contributed by atoms with van der Waals surface area (Å²) in [6.07, 6.45) is 1.23. The van der Waals surface area contributed by atoms with E-state index in [1.807, 2.05) is 60.7 Å². The quantitative estimate of drug-likeness (QED) is 0.191. The van der Waals surface area contributed by atoms with E-state index in [4.69, 9.17) is 11.5 Å². The molecular weight excluding hydrogens is 482 g/mol. The smallest absolute Gasteiger partial charge is 0.254 e. The molecule has 2 atom stereocenters. The highest BCUT2D eigenvalue weighted by molar-refractivity contribution is 6.02. The number of benzene rings is 3. The van der Waals surface area contributed by atoms with Gasteiger partial charge in [0.15, 0.2) is 0 Å². The van der Waals surface area contributed by atoms with Crippen LogP contribution in [0.2, 0.25) is 0 Å². The first-order valence-electron chi connectivity index (χ1n) is 12.6. The fraction of sp³-hybridized carbons (Fsp3) is 0.276. The van der Waals surface area contributed by atoms with Gasteiger partial charge in [-0.15, -0.1) is 0 Å². The van der Waals surface area contributed by atoms with Crippen molar-refractivity contribution >= 4 is 29.1 Å². The third-order valence-electron chi connectivity index (χ3n) is 5.95. The number of carbonyl (C=O) groups excluding carboxylic acids is 3. The van der Waals surface area contributed by atoms with Gasteiger partial charge < -0.3 is 32.5 Å². The molecule has 8 N–H and O–H groups in total. The number of carbonyl (C=O) groups is 3. The molecule has 0 heterocycles. The molecule has 0 aliphatic heterocycles. The lowest BCUT2D eigenvalue weighted by Crippen LogP contribution is -2.36. The lowest BCUT2D eigenvalue weighted by atomic mass is 10.0. The second kappa shape index (κ2) is 14.6. The van der Waals surface area contributed by atoms with Crippen LogP contribution in [-0.4, -0.2) is 48.1 Å². The summed E-state index contributed by atoms with van der Waals surface area (Å²) in [6.45, 7) is 0.190. The predicted octanol–water partition coefficient (Wildman–Crippen LogP) is 2.21. The lowest BCUT2D eigenvalue weighted by Gasteiger charge is -2.16. The fourth-order valence-corrected chi connectivity index (χ4v) is 3.81. The number of hydrogen-bond acceptors (Lipinski definition) is 6. The molecule has 0 spiro atoms. The molecule has 200 valence electrons. The maximum absolute atomic E-state index is 12.9. The minimum atomic E-state index is -1.41. The average molecular weight is 518 g/mol. The summed E-state index contributed by atoms with van der Waals surface area (Å²) < 4.78 is 0. The molecule has 0 fully saturated rings. The van der Waals surface area contributed by atoms with Crippen molar-refractivity contribution in [2.24, 2.45) is 11.5 Å². The minimum absolute atomic E-state index is 0.229. The summed E-state index contributed by atoms with van der Waals surface area (Å²) in [4.78, 5) is 37.8. The van der Waals surface area contributed by atoms with Crippen molar-refractivity contribution in [1.29, 1.82) is 0 Å². The number of anilines is 2. The molecule has 3 rings (SSSR count). The van der Waals surface area contributed by atoms with Gasteiger partial charge in [0.25, 0.3) is 11.8 Å². The van der Waals surface area contributed by atoms with Gasteiger partial charge in [0.2, 0.25) is 5.91 Å². The van der Waals surface area contributed by atoms with E-state index in [9.17, 15) is 19.5 Å². The molecule has 0 aliphatic carbocycles. The van der Waals surface area contributed by atoms with Crippen LogP contribution in [0, 0.1) is 0 Å². The fourth-order valence-electron chi connectivity index (χ4n) is 3.81.